The fraction of sp³-hybridized carbons (Fsp3) is 0.125. The maximum Gasteiger partial charge on any atom is 0.221 e. The maximum absolute atomic E-state index is 12.4. The molecule has 1 amide bonds. The van der Waals surface area contributed by atoms with Crippen LogP contribution in [0.15, 0.2) is 42.5 Å². The molecule has 0 aromatic heterocycles. The minimum absolute atomic E-state index is 0.0584. The van der Waals surface area contributed by atoms with Crippen molar-refractivity contribution in [3.05, 3.63) is 59.2 Å². The molecule has 2 aromatic rings. The Balaban J connectivity index is 2.27. The number of amides is 1. The lowest BCUT2D eigenvalue weighted by Gasteiger charge is -2.07. The van der Waals surface area contributed by atoms with Crippen LogP contribution in [0.4, 0.5) is 11.4 Å². The molecule has 3 N–H and O–H groups in total. The second kappa shape index (κ2) is 5.57. The van der Waals surface area contributed by atoms with Gasteiger partial charge in [-0.3, -0.25) is 9.59 Å². The number of carbonyl (C=O) groups is 2. The number of aryl methyl sites for hydroxylation is 1. The van der Waals surface area contributed by atoms with Crippen LogP contribution < -0.4 is 11.1 Å². The maximum atomic E-state index is 12.4. The van der Waals surface area contributed by atoms with E-state index in [1.807, 2.05) is 6.92 Å². The Kier molecular flexibility index (Phi) is 3.84. The molecule has 2 aromatic carbocycles. The molecular weight excluding hydrogens is 252 g/mol. The number of anilines is 2. The van der Waals surface area contributed by atoms with E-state index in [2.05, 4.69) is 5.32 Å². The highest BCUT2D eigenvalue weighted by atomic mass is 16.1. The van der Waals surface area contributed by atoms with Crippen LogP contribution in [0.2, 0.25) is 0 Å². The predicted molar refractivity (Wildman–Crippen MR) is 79.8 cm³/mol. The van der Waals surface area contributed by atoms with Gasteiger partial charge in [-0.05, 0) is 55.0 Å². The van der Waals surface area contributed by atoms with Crippen LogP contribution in [-0.2, 0) is 4.79 Å². The van der Waals surface area contributed by atoms with Gasteiger partial charge in [0.25, 0.3) is 0 Å². The van der Waals surface area contributed by atoms with E-state index < -0.39 is 0 Å². The molecule has 0 spiro atoms. The summed E-state index contributed by atoms with van der Waals surface area (Å²) in [5.41, 5.74) is 9.04. The van der Waals surface area contributed by atoms with Gasteiger partial charge in [0, 0.05) is 29.4 Å². The molecule has 0 bridgehead atoms. The van der Waals surface area contributed by atoms with Gasteiger partial charge in [-0.15, -0.1) is 0 Å². The lowest BCUT2D eigenvalue weighted by atomic mass is 9.98. The average molecular weight is 268 g/mol. The zero-order valence-corrected chi connectivity index (χ0v) is 11.4. The first-order chi connectivity index (χ1) is 9.47. The average Bonchev–Trinajstić information content (AvgIpc) is 2.38. The highest BCUT2D eigenvalue weighted by Crippen LogP contribution is 2.18. The Bertz CT molecular complexity index is 661. The first kappa shape index (κ1) is 13.8. The van der Waals surface area contributed by atoms with Crippen LogP contribution in [0.1, 0.15) is 28.4 Å². The van der Waals surface area contributed by atoms with Crippen LogP contribution in [0.5, 0.6) is 0 Å². The third-order valence-electron chi connectivity index (χ3n) is 2.96. The largest absolute Gasteiger partial charge is 0.399 e. The Morgan fingerprint density at radius 1 is 1.05 bits per heavy atom. The number of hydrogen-bond donors (Lipinski definition) is 2. The van der Waals surface area contributed by atoms with Gasteiger partial charge in [0.15, 0.2) is 5.78 Å². The van der Waals surface area contributed by atoms with E-state index >= 15 is 0 Å². The first-order valence-corrected chi connectivity index (χ1v) is 6.26. The third-order valence-corrected chi connectivity index (χ3v) is 2.96. The summed E-state index contributed by atoms with van der Waals surface area (Å²) in [4.78, 5) is 23.3. The van der Waals surface area contributed by atoms with Gasteiger partial charge >= 0.3 is 0 Å². The summed E-state index contributed by atoms with van der Waals surface area (Å²) >= 11 is 0. The summed E-state index contributed by atoms with van der Waals surface area (Å²) < 4.78 is 0. The number of nitrogens with one attached hydrogen (secondary N) is 1. The summed E-state index contributed by atoms with van der Waals surface area (Å²) in [7, 11) is 0. The number of nitrogens with two attached hydrogens (primary N) is 1. The Morgan fingerprint density at radius 3 is 2.25 bits per heavy atom. The van der Waals surface area contributed by atoms with Crippen molar-refractivity contribution in [2.45, 2.75) is 13.8 Å². The predicted octanol–water partition coefficient (Wildman–Crippen LogP) is 2.77. The summed E-state index contributed by atoms with van der Waals surface area (Å²) in [6.07, 6.45) is 0. The molecule has 0 atom stereocenters. The smallest absolute Gasteiger partial charge is 0.221 e. The number of hydrogen-bond acceptors (Lipinski definition) is 3. The fourth-order valence-electron chi connectivity index (χ4n) is 2.01. The van der Waals surface area contributed by atoms with Crippen molar-refractivity contribution in [3.8, 4) is 0 Å². The molecule has 20 heavy (non-hydrogen) atoms. The standard InChI is InChI=1S/C16H16N2O2/c1-10-9-13(17)5-8-15(10)16(20)12-3-6-14(7-4-12)18-11(2)19/h3-9H,17H2,1-2H3,(H,18,19). The van der Waals surface area contributed by atoms with Gasteiger partial charge in [0.2, 0.25) is 5.91 Å². The summed E-state index contributed by atoms with van der Waals surface area (Å²) in [6, 6.07) is 12.0. The van der Waals surface area contributed by atoms with Crippen molar-refractivity contribution >= 4 is 23.1 Å². The molecule has 0 heterocycles. The highest BCUT2D eigenvalue weighted by Gasteiger charge is 2.11. The van der Waals surface area contributed by atoms with Crippen LogP contribution in [0, 0.1) is 6.92 Å². The molecule has 0 radical (unpaired) electrons. The molecule has 4 heteroatoms. The Hall–Kier alpha value is -2.62. The van der Waals surface area contributed by atoms with Crippen LogP contribution in [0.3, 0.4) is 0 Å². The molecule has 0 aliphatic rings. The normalized spacial score (nSPS) is 10.1. The molecule has 0 aliphatic carbocycles. The molecular formula is C16H16N2O2. The van der Waals surface area contributed by atoms with E-state index in [9.17, 15) is 9.59 Å². The molecule has 4 nitrogen and oxygen atoms in total. The number of carbonyl (C=O) groups excluding carboxylic acids is 2. The van der Waals surface area contributed by atoms with Gasteiger partial charge in [-0.2, -0.15) is 0 Å². The van der Waals surface area contributed by atoms with Gasteiger partial charge in [0.05, 0.1) is 0 Å². The summed E-state index contributed by atoms with van der Waals surface area (Å²) in [5, 5.41) is 2.66. The molecule has 102 valence electrons. The zero-order chi connectivity index (χ0) is 14.7. The fourth-order valence-corrected chi connectivity index (χ4v) is 2.01. The monoisotopic (exact) mass is 268 g/mol. The van der Waals surface area contributed by atoms with Crippen molar-refractivity contribution in [1.82, 2.24) is 0 Å². The van der Waals surface area contributed by atoms with E-state index in [4.69, 9.17) is 5.73 Å². The van der Waals surface area contributed by atoms with Crippen LogP contribution in [0.25, 0.3) is 0 Å². The number of rotatable bonds is 3. The van der Waals surface area contributed by atoms with Crippen molar-refractivity contribution < 1.29 is 9.59 Å². The topological polar surface area (TPSA) is 72.2 Å². The van der Waals surface area contributed by atoms with Crippen LogP contribution in [-0.4, -0.2) is 11.7 Å². The van der Waals surface area contributed by atoms with Gasteiger partial charge in [-0.25, -0.2) is 0 Å². The zero-order valence-electron chi connectivity index (χ0n) is 11.4. The SMILES string of the molecule is CC(=O)Nc1ccc(C(=O)c2ccc(N)cc2C)cc1. The number of ketones is 1. The molecule has 0 fully saturated rings. The van der Waals surface area contributed by atoms with Crippen molar-refractivity contribution in [2.24, 2.45) is 0 Å². The number of nitrogen functional groups attached to an aromatic ring is 1. The van der Waals surface area contributed by atoms with Crippen molar-refractivity contribution in [3.63, 3.8) is 0 Å². The van der Waals surface area contributed by atoms with Gasteiger partial charge in [0.1, 0.15) is 0 Å². The summed E-state index contributed by atoms with van der Waals surface area (Å²) in [5.74, 6) is -0.199. The molecule has 0 saturated carbocycles. The van der Waals surface area contributed by atoms with E-state index in [0.29, 0.717) is 22.5 Å². The minimum Gasteiger partial charge on any atom is -0.399 e. The van der Waals surface area contributed by atoms with Gasteiger partial charge in [-0.1, -0.05) is 0 Å². The molecule has 2 rings (SSSR count). The third kappa shape index (κ3) is 3.03. The van der Waals surface area contributed by atoms with Gasteiger partial charge < -0.3 is 11.1 Å². The summed E-state index contributed by atoms with van der Waals surface area (Å²) in [6.45, 7) is 3.30. The Labute approximate surface area is 117 Å². The highest BCUT2D eigenvalue weighted by molar-refractivity contribution is 6.10. The van der Waals surface area contributed by atoms with Crippen LogP contribution >= 0.6 is 0 Å². The second-order valence-corrected chi connectivity index (χ2v) is 4.66. The first-order valence-electron chi connectivity index (χ1n) is 6.26. The van der Waals surface area contributed by atoms with E-state index in [1.165, 1.54) is 6.92 Å². The minimum atomic E-state index is -0.140. The Morgan fingerprint density at radius 2 is 1.70 bits per heavy atom. The lowest BCUT2D eigenvalue weighted by molar-refractivity contribution is -0.114. The number of benzene rings is 2. The molecule has 0 aliphatic heterocycles. The second-order valence-electron chi connectivity index (χ2n) is 4.66. The molecule has 0 unspecified atom stereocenters. The van der Waals surface area contributed by atoms with Crippen molar-refractivity contribution in [1.29, 1.82) is 0 Å². The van der Waals surface area contributed by atoms with E-state index in [-0.39, 0.29) is 11.7 Å². The van der Waals surface area contributed by atoms with E-state index in [0.717, 1.165) is 5.56 Å². The lowest BCUT2D eigenvalue weighted by Crippen LogP contribution is -2.07. The quantitative estimate of drug-likeness (QED) is 0.664. The van der Waals surface area contributed by atoms with Crippen molar-refractivity contribution in [2.75, 3.05) is 11.1 Å². The van der Waals surface area contributed by atoms with E-state index in [1.54, 1.807) is 42.5 Å². The molecule has 0 saturated heterocycles.